The van der Waals surface area contributed by atoms with E-state index < -0.39 is 0 Å². The minimum absolute atomic E-state index is 0.290. The lowest BCUT2D eigenvalue weighted by Crippen LogP contribution is -2.17. The van der Waals surface area contributed by atoms with E-state index in [-0.39, 0.29) is 17.8 Å². The second-order valence-corrected chi connectivity index (χ2v) is 7.83. The Morgan fingerprint density at radius 2 is 1.64 bits per heavy atom. The highest BCUT2D eigenvalue weighted by molar-refractivity contribution is 8.18. The molecule has 1 aliphatic rings. The standard InChI is InChI=1S/C22H25NO4S/c24-11-5-3-1-2-4-6-12-27-19-10-9-17-13-16(7-8-18(17)15-19)14-20-21(25)23-22(26)28-20/h7-10,13-15,24H,1-6,11-12H2,(H,23,25,26)/b20-14-. The smallest absolute Gasteiger partial charge is 0.290 e. The number of hydrogen-bond donors (Lipinski definition) is 2. The summed E-state index contributed by atoms with van der Waals surface area (Å²) < 4.78 is 5.86. The van der Waals surface area contributed by atoms with E-state index in [0.29, 0.717) is 11.5 Å². The maximum Gasteiger partial charge on any atom is 0.290 e. The first-order valence-electron chi connectivity index (χ1n) is 9.68. The van der Waals surface area contributed by atoms with Crippen LogP contribution in [0.3, 0.4) is 0 Å². The number of nitrogens with one attached hydrogen (secondary N) is 1. The van der Waals surface area contributed by atoms with Gasteiger partial charge in [0.25, 0.3) is 11.1 Å². The second kappa shape index (κ2) is 10.3. The number of thioether (sulfide) groups is 1. The molecule has 0 aliphatic carbocycles. The third-order valence-electron chi connectivity index (χ3n) is 4.60. The fourth-order valence-corrected chi connectivity index (χ4v) is 3.79. The number of imide groups is 1. The molecule has 3 rings (SSSR count). The number of unbranched alkanes of at least 4 members (excludes halogenated alkanes) is 5. The topological polar surface area (TPSA) is 75.6 Å². The van der Waals surface area contributed by atoms with E-state index in [9.17, 15) is 9.59 Å². The fraction of sp³-hybridized carbons (Fsp3) is 0.364. The van der Waals surface area contributed by atoms with Crippen LogP contribution in [0.25, 0.3) is 16.8 Å². The molecule has 1 heterocycles. The molecule has 0 bridgehead atoms. The van der Waals surface area contributed by atoms with Crippen LogP contribution in [-0.4, -0.2) is 29.5 Å². The SMILES string of the molecule is O=C1NC(=O)/C(=C/c2ccc3cc(OCCCCCCCCO)ccc3c2)S1. The van der Waals surface area contributed by atoms with Gasteiger partial charge in [-0.05, 0) is 65.2 Å². The van der Waals surface area contributed by atoms with Gasteiger partial charge in [0.05, 0.1) is 11.5 Å². The number of fused-ring (bicyclic) bond motifs is 1. The fourth-order valence-electron chi connectivity index (χ4n) is 3.11. The van der Waals surface area contributed by atoms with Crippen molar-refractivity contribution in [2.75, 3.05) is 13.2 Å². The van der Waals surface area contributed by atoms with Crippen molar-refractivity contribution < 1.29 is 19.4 Å². The molecule has 6 heteroatoms. The van der Waals surface area contributed by atoms with E-state index in [1.165, 1.54) is 12.8 Å². The highest BCUT2D eigenvalue weighted by atomic mass is 32.2. The normalized spacial score (nSPS) is 15.4. The summed E-state index contributed by atoms with van der Waals surface area (Å²) in [5, 5.41) is 12.8. The minimum Gasteiger partial charge on any atom is -0.494 e. The Morgan fingerprint density at radius 1 is 0.929 bits per heavy atom. The summed E-state index contributed by atoms with van der Waals surface area (Å²) in [6, 6.07) is 11.9. The van der Waals surface area contributed by atoms with Gasteiger partial charge >= 0.3 is 0 Å². The average molecular weight is 400 g/mol. The summed E-state index contributed by atoms with van der Waals surface area (Å²) in [4.78, 5) is 23.3. The molecule has 0 radical (unpaired) electrons. The maximum absolute atomic E-state index is 11.7. The first-order chi connectivity index (χ1) is 13.7. The van der Waals surface area contributed by atoms with Crippen molar-refractivity contribution in [3.8, 4) is 5.75 Å². The van der Waals surface area contributed by atoms with E-state index in [1.54, 1.807) is 6.08 Å². The Hall–Kier alpha value is -2.31. The number of carbonyl (C=O) groups excluding carboxylic acids is 2. The van der Waals surface area contributed by atoms with Gasteiger partial charge < -0.3 is 9.84 Å². The van der Waals surface area contributed by atoms with Crippen LogP contribution in [0.5, 0.6) is 5.75 Å². The Morgan fingerprint density at radius 3 is 2.39 bits per heavy atom. The first kappa shape index (κ1) is 20.4. The number of carbonyl (C=O) groups is 2. The number of ether oxygens (including phenoxy) is 1. The highest BCUT2D eigenvalue weighted by Crippen LogP contribution is 2.28. The molecule has 2 aromatic rings. The number of hydrogen-bond acceptors (Lipinski definition) is 5. The van der Waals surface area contributed by atoms with Crippen LogP contribution >= 0.6 is 11.8 Å². The Labute approximate surface area is 169 Å². The number of amides is 2. The molecule has 0 unspecified atom stereocenters. The first-order valence-corrected chi connectivity index (χ1v) is 10.5. The summed E-state index contributed by atoms with van der Waals surface area (Å²) in [6.07, 6.45) is 8.25. The van der Waals surface area contributed by atoms with Crippen molar-refractivity contribution in [3.63, 3.8) is 0 Å². The number of aliphatic hydroxyl groups excluding tert-OH is 1. The Balaban J connectivity index is 1.52. The molecule has 1 fully saturated rings. The molecule has 2 amide bonds. The van der Waals surface area contributed by atoms with E-state index in [1.807, 2.05) is 36.4 Å². The predicted molar refractivity (Wildman–Crippen MR) is 113 cm³/mol. The number of rotatable bonds is 10. The summed E-state index contributed by atoms with van der Waals surface area (Å²) in [7, 11) is 0. The number of benzene rings is 2. The van der Waals surface area contributed by atoms with Gasteiger partial charge in [-0.2, -0.15) is 0 Å². The van der Waals surface area contributed by atoms with Gasteiger partial charge in [0, 0.05) is 6.61 Å². The van der Waals surface area contributed by atoms with E-state index >= 15 is 0 Å². The largest absolute Gasteiger partial charge is 0.494 e. The summed E-state index contributed by atoms with van der Waals surface area (Å²) >= 11 is 0.925. The summed E-state index contributed by atoms with van der Waals surface area (Å²) in [5.41, 5.74) is 0.884. The lowest BCUT2D eigenvalue weighted by molar-refractivity contribution is -0.115. The molecule has 1 saturated heterocycles. The van der Waals surface area contributed by atoms with Crippen LogP contribution in [0.1, 0.15) is 44.1 Å². The molecule has 0 saturated carbocycles. The summed E-state index contributed by atoms with van der Waals surface area (Å²) in [5.74, 6) is 0.516. The average Bonchev–Trinajstić information content (AvgIpc) is 3.00. The molecule has 0 atom stereocenters. The zero-order valence-corrected chi connectivity index (χ0v) is 16.6. The van der Waals surface area contributed by atoms with Crippen LogP contribution in [0.4, 0.5) is 4.79 Å². The van der Waals surface area contributed by atoms with Gasteiger partial charge in [0.15, 0.2) is 0 Å². The van der Waals surface area contributed by atoms with Crippen molar-refractivity contribution in [3.05, 3.63) is 46.9 Å². The van der Waals surface area contributed by atoms with Gasteiger partial charge in [0.1, 0.15) is 5.75 Å². The molecular weight excluding hydrogens is 374 g/mol. The third kappa shape index (κ3) is 5.84. The van der Waals surface area contributed by atoms with Crippen LogP contribution in [-0.2, 0) is 4.79 Å². The van der Waals surface area contributed by atoms with Crippen LogP contribution < -0.4 is 10.1 Å². The summed E-state index contributed by atoms with van der Waals surface area (Å²) in [6.45, 7) is 0.994. The molecular formula is C22H25NO4S. The van der Waals surface area contributed by atoms with Gasteiger partial charge in [-0.25, -0.2) is 0 Å². The number of aliphatic hydroxyl groups is 1. The van der Waals surface area contributed by atoms with Crippen molar-refractivity contribution in [1.82, 2.24) is 5.32 Å². The van der Waals surface area contributed by atoms with Crippen molar-refractivity contribution in [2.45, 2.75) is 38.5 Å². The molecule has 2 aromatic carbocycles. The second-order valence-electron chi connectivity index (χ2n) is 6.81. The molecule has 2 N–H and O–H groups in total. The molecule has 0 spiro atoms. The lowest BCUT2D eigenvalue weighted by Gasteiger charge is -2.08. The zero-order chi connectivity index (χ0) is 19.8. The van der Waals surface area contributed by atoms with E-state index in [4.69, 9.17) is 9.84 Å². The minimum atomic E-state index is -0.341. The maximum atomic E-state index is 11.7. The predicted octanol–water partition coefficient (Wildman–Crippen LogP) is 4.88. The quantitative estimate of drug-likeness (QED) is 0.440. The molecule has 0 aromatic heterocycles. The van der Waals surface area contributed by atoms with Gasteiger partial charge in [-0.15, -0.1) is 0 Å². The highest BCUT2D eigenvalue weighted by Gasteiger charge is 2.24. The lowest BCUT2D eigenvalue weighted by atomic mass is 10.1. The molecule has 28 heavy (non-hydrogen) atoms. The monoisotopic (exact) mass is 399 g/mol. The van der Waals surface area contributed by atoms with Crippen LogP contribution in [0.2, 0.25) is 0 Å². The Kier molecular flexibility index (Phi) is 7.51. The van der Waals surface area contributed by atoms with Crippen molar-refractivity contribution >= 4 is 39.8 Å². The molecule has 1 aliphatic heterocycles. The Bertz CT molecular complexity index is 878. The molecule has 5 nitrogen and oxygen atoms in total. The third-order valence-corrected chi connectivity index (χ3v) is 5.41. The van der Waals surface area contributed by atoms with Crippen molar-refractivity contribution in [2.24, 2.45) is 0 Å². The van der Waals surface area contributed by atoms with Gasteiger partial charge in [0.2, 0.25) is 0 Å². The van der Waals surface area contributed by atoms with Crippen molar-refractivity contribution in [1.29, 1.82) is 0 Å². The van der Waals surface area contributed by atoms with Gasteiger partial charge in [-0.1, -0.05) is 43.9 Å². The van der Waals surface area contributed by atoms with E-state index in [0.717, 1.165) is 59.5 Å². The van der Waals surface area contributed by atoms with Gasteiger partial charge in [-0.3, -0.25) is 14.9 Å². The van der Waals surface area contributed by atoms with Crippen LogP contribution in [0, 0.1) is 0 Å². The molecule has 148 valence electrons. The van der Waals surface area contributed by atoms with Crippen LogP contribution in [0.15, 0.2) is 41.3 Å². The zero-order valence-electron chi connectivity index (χ0n) is 15.8. The van der Waals surface area contributed by atoms with E-state index in [2.05, 4.69) is 5.32 Å².